The summed E-state index contributed by atoms with van der Waals surface area (Å²) >= 11 is 1.63. The molecular formula is C20H22FN5S. The van der Waals surface area contributed by atoms with Gasteiger partial charge in [0.05, 0.1) is 6.04 Å². The van der Waals surface area contributed by atoms with Crippen molar-refractivity contribution in [2.45, 2.75) is 25.8 Å². The number of fused-ring (bicyclic) bond motifs is 2. The van der Waals surface area contributed by atoms with E-state index in [0.717, 1.165) is 58.5 Å². The van der Waals surface area contributed by atoms with Crippen molar-refractivity contribution in [1.29, 1.82) is 0 Å². The third-order valence-electron chi connectivity index (χ3n) is 5.56. The summed E-state index contributed by atoms with van der Waals surface area (Å²) in [6.07, 6.45) is 6.31. The van der Waals surface area contributed by atoms with Gasteiger partial charge in [-0.15, -0.1) is 11.3 Å². The molecule has 0 amide bonds. The van der Waals surface area contributed by atoms with Gasteiger partial charge in [-0.05, 0) is 43.1 Å². The van der Waals surface area contributed by atoms with Crippen molar-refractivity contribution in [3.8, 4) is 10.4 Å². The second-order valence-electron chi connectivity index (χ2n) is 7.34. The maximum Gasteiger partial charge on any atom is 0.151 e. The van der Waals surface area contributed by atoms with Crippen molar-refractivity contribution < 1.29 is 4.39 Å². The van der Waals surface area contributed by atoms with Crippen LogP contribution >= 0.6 is 11.3 Å². The van der Waals surface area contributed by atoms with Crippen LogP contribution in [0, 0.1) is 5.82 Å². The molecule has 0 radical (unpaired) electrons. The molecule has 27 heavy (non-hydrogen) atoms. The van der Waals surface area contributed by atoms with Gasteiger partial charge in [0, 0.05) is 48.2 Å². The van der Waals surface area contributed by atoms with E-state index in [9.17, 15) is 4.39 Å². The standard InChI is InChI=1S/C20H22FN5S/c1-3-25-6-4-16(5-7-25)26-12-15-10-18(27-20(15)23-26)13-8-14-11-24(2)22-19(14)17(21)9-13/h8-12,16H,3-7H2,1-2H3. The Morgan fingerprint density at radius 2 is 1.93 bits per heavy atom. The zero-order valence-corrected chi connectivity index (χ0v) is 16.3. The smallest absolute Gasteiger partial charge is 0.151 e. The van der Waals surface area contributed by atoms with E-state index in [2.05, 4.69) is 33.9 Å². The molecular weight excluding hydrogens is 361 g/mol. The van der Waals surface area contributed by atoms with Crippen molar-refractivity contribution in [3.05, 3.63) is 36.4 Å². The van der Waals surface area contributed by atoms with Gasteiger partial charge in [-0.1, -0.05) is 6.92 Å². The monoisotopic (exact) mass is 383 g/mol. The van der Waals surface area contributed by atoms with Crippen LogP contribution in [0.25, 0.3) is 31.6 Å². The Hall–Kier alpha value is -2.25. The van der Waals surface area contributed by atoms with E-state index < -0.39 is 0 Å². The molecule has 0 atom stereocenters. The van der Waals surface area contributed by atoms with Gasteiger partial charge in [-0.3, -0.25) is 9.36 Å². The van der Waals surface area contributed by atoms with E-state index in [4.69, 9.17) is 5.10 Å². The van der Waals surface area contributed by atoms with Crippen LogP contribution in [0.4, 0.5) is 4.39 Å². The predicted octanol–water partition coefficient (Wildman–Crippen LogP) is 4.45. The number of hydrogen-bond donors (Lipinski definition) is 0. The first-order valence-corrected chi connectivity index (χ1v) is 10.3. The molecule has 1 aliphatic heterocycles. The number of hydrogen-bond acceptors (Lipinski definition) is 4. The molecule has 3 aromatic heterocycles. The van der Waals surface area contributed by atoms with Crippen molar-refractivity contribution in [3.63, 3.8) is 0 Å². The molecule has 0 saturated carbocycles. The first kappa shape index (κ1) is 16.9. The summed E-state index contributed by atoms with van der Waals surface area (Å²) in [7, 11) is 1.81. The van der Waals surface area contributed by atoms with Gasteiger partial charge in [-0.25, -0.2) is 4.39 Å². The summed E-state index contributed by atoms with van der Waals surface area (Å²) in [5, 5.41) is 11.0. The van der Waals surface area contributed by atoms with Crippen molar-refractivity contribution >= 4 is 32.5 Å². The number of benzene rings is 1. The highest BCUT2D eigenvalue weighted by Gasteiger charge is 2.21. The third-order valence-corrected chi connectivity index (χ3v) is 6.64. The fourth-order valence-electron chi connectivity index (χ4n) is 4.03. The normalized spacial score (nSPS) is 16.7. The van der Waals surface area contributed by atoms with Crippen LogP contribution in [0.15, 0.2) is 30.6 Å². The van der Waals surface area contributed by atoms with Crippen molar-refractivity contribution in [2.24, 2.45) is 7.05 Å². The van der Waals surface area contributed by atoms with Gasteiger partial charge in [-0.2, -0.15) is 10.2 Å². The van der Waals surface area contributed by atoms with Gasteiger partial charge in [0.15, 0.2) is 5.82 Å². The Balaban J connectivity index is 1.45. The number of thiophene rings is 1. The fourth-order valence-corrected chi connectivity index (χ4v) is 5.02. The number of rotatable bonds is 3. The summed E-state index contributed by atoms with van der Waals surface area (Å²) in [4.78, 5) is 4.56. The zero-order chi connectivity index (χ0) is 18.5. The van der Waals surface area contributed by atoms with Crippen molar-refractivity contribution in [2.75, 3.05) is 19.6 Å². The summed E-state index contributed by atoms with van der Waals surface area (Å²) in [5.41, 5.74) is 1.31. The van der Waals surface area contributed by atoms with Gasteiger partial charge < -0.3 is 4.90 Å². The lowest BCUT2D eigenvalue weighted by atomic mass is 10.1. The molecule has 5 rings (SSSR count). The Kier molecular flexibility index (Phi) is 4.02. The summed E-state index contributed by atoms with van der Waals surface area (Å²) < 4.78 is 18.2. The lowest BCUT2D eigenvalue weighted by Gasteiger charge is -2.31. The Morgan fingerprint density at radius 1 is 1.11 bits per heavy atom. The minimum Gasteiger partial charge on any atom is -0.303 e. The highest BCUT2D eigenvalue weighted by Crippen LogP contribution is 2.36. The Labute approximate surface area is 161 Å². The molecule has 1 saturated heterocycles. The molecule has 4 heterocycles. The molecule has 5 nitrogen and oxygen atoms in total. The molecule has 0 bridgehead atoms. The van der Waals surface area contributed by atoms with Crippen LogP contribution in [0.1, 0.15) is 25.8 Å². The largest absolute Gasteiger partial charge is 0.303 e. The summed E-state index contributed by atoms with van der Waals surface area (Å²) in [5.74, 6) is -0.276. The molecule has 1 aromatic carbocycles. The van der Waals surface area contributed by atoms with E-state index in [1.807, 2.05) is 19.3 Å². The third kappa shape index (κ3) is 2.95. The van der Waals surface area contributed by atoms with E-state index >= 15 is 0 Å². The highest BCUT2D eigenvalue weighted by atomic mass is 32.1. The molecule has 1 fully saturated rings. The number of aryl methyl sites for hydroxylation is 1. The van der Waals surface area contributed by atoms with Gasteiger partial charge in [0.2, 0.25) is 0 Å². The van der Waals surface area contributed by atoms with E-state index in [1.54, 1.807) is 22.1 Å². The van der Waals surface area contributed by atoms with E-state index in [-0.39, 0.29) is 5.82 Å². The number of piperidine rings is 1. The van der Waals surface area contributed by atoms with Crippen LogP contribution in [0.2, 0.25) is 0 Å². The topological polar surface area (TPSA) is 38.9 Å². The van der Waals surface area contributed by atoms with Gasteiger partial charge >= 0.3 is 0 Å². The number of nitrogens with zero attached hydrogens (tertiary/aromatic N) is 5. The molecule has 140 valence electrons. The average Bonchev–Trinajstić information content (AvgIpc) is 3.34. The van der Waals surface area contributed by atoms with Crippen LogP contribution in [-0.4, -0.2) is 44.1 Å². The highest BCUT2D eigenvalue weighted by molar-refractivity contribution is 7.21. The number of halogens is 1. The maximum atomic E-state index is 14.4. The lowest BCUT2D eigenvalue weighted by molar-refractivity contribution is 0.188. The van der Waals surface area contributed by atoms with Gasteiger partial charge in [0.25, 0.3) is 0 Å². The Bertz CT molecular complexity index is 1080. The SMILES string of the molecule is CCN1CCC(n2cc3cc(-c4cc(F)c5nn(C)cc5c4)sc3n2)CC1. The molecule has 0 aliphatic carbocycles. The number of likely N-dealkylation sites (tertiary alicyclic amines) is 1. The molecule has 1 aliphatic rings. The van der Waals surface area contributed by atoms with Crippen LogP contribution in [-0.2, 0) is 7.05 Å². The lowest BCUT2D eigenvalue weighted by Crippen LogP contribution is -2.34. The van der Waals surface area contributed by atoms with Gasteiger partial charge in [0.1, 0.15) is 10.3 Å². The molecule has 4 aromatic rings. The number of aromatic nitrogens is 4. The zero-order valence-electron chi connectivity index (χ0n) is 15.5. The van der Waals surface area contributed by atoms with Crippen molar-refractivity contribution in [1.82, 2.24) is 24.5 Å². The van der Waals surface area contributed by atoms with Crippen LogP contribution in [0.3, 0.4) is 0 Å². The molecule has 7 heteroatoms. The summed E-state index contributed by atoms with van der Waals surface area (Å²) in [6.45, 7) is 5.63. The van der Waals surface area contributed by atoms with E-state index in [1.165, 1.54) is 0 Å². The van der Waals surface area contributed by atoms with E-state index in [0.29, 0.717) is 11.6 Å². The maximum absolute atomic E-state index is 14.4. The Morgan fingerprint density at radius 3 is 2.67 bits per heavy atom. The molecule has 0 N–H and O–H groups in total. The molecule has 0 spiro atoms. The second-order valence-corrected chi connectivity index (χ2v) is 8.38. The first-order valence-electron chi connectivity index (χ1n) is 9.45. The average molecular weight is 383 g/mol. The first-order chi connectivity index (χ1) is 13.1. The fraction of sp³-hybridized carbons (Fsp3) is 0.400. The minimum atomic E-state index is -0.276. The molecule has 0 unspecified atom stereocenters. The predicted molar refractivity (Wildman–Crippen MR) is 108 cm³/mol. The summed E-state index contributed by atoms with van der Waals surface area (Å²) in [6, 6.07) is 6.20. The minimum absolute atomic E-state index is 0.276. The van der Waals surface area contributed by atoms with Crippen LogP contribution in [0.5, 0.6) is 0 Å². The quantitative estimate of drug-likeness (QED) is 0.525. The van der Waals surface area contributed by atoms with Crippen LogP contribution < -0.4 is 0 Å². The second kappa shape index (κ2) is 6.42.